The summed E-state index contributed by atoms with van der Waals surface area (Å²) in [4.78, 5) is 19.9. The molecule has 4 aromatic rings. The number of nitrogens with one attached hydrogen (secondary N) is 1. The van der Waals surface area contributed by atoms with Crippen LogP contribution in [0.25, 0.3) is 21.5 Å². The van der Waals surface area contributed by atoms with E-state index < -0.39 is 17.7 Å². The Bertz CT molecular complexity index is 1370. The Hall–Kier alpha value is -3.33. The standard InChI is InChI=1S/C25H21F3N2O3S/c1-13-21(34-24(29-13)14-2-5-16(6-3-14)25(26,27)28)12-33-17-7-9-20-19(11-17)18-8-4-15(10-22(31)32)23(18)30-20/h2-3,5-7,9,11,15,30H,4,8,10,12H2,1H3,(H,31,32). The van der Waals surface area contributed by atoms with Crippen LogP contribution in [0.4, 0.5) is 13.2 Å². The van der Waals surface area contributed by atoms with Gasteiger partial charge in [0.25, 0.3) is 0 Å². The summed E-state index contributed by atoms with van der Waals surface area (Å²) in [5.74, 6) is -0.0938. The quantitative estimate of drug-likeness (QED) is 0.318. The first kappa shape index (κ1) is 22.5. The zero-order valence-corrected chi connectivity index (χ0v) is 19.0. The summed E-state index contributed by atoms with van der Waals surface area (Å²) >= 11 is 1.40. The number of nitrogens with zero attached hydrogens (tertiary/aromatic N) is 1. The van der Waals surface area contributed by atoms with Gasteiger partial charge < -0.3 is 14.8 Å². The average Bonchev–Trinajstić information content (AvgIpc) is 3.46. The van der Waals surface area contributed by atoms with E-state index in [0.717, 1.165) is 57.7 Å². The van der Waals surface area contributed by atoms with Gasteiger partial charge in [-0.15, -0.1) is 11.3 Å². The predicted octanol–water partition coefficient (Wildman–Crippen LogP) is 6.70. The highest BCUT2D eigenvalue weighted by Crippen LogP contribution is 2.40. The molecule has 34 heavy (non-hydrogen) atoms. The minimum atomic E-state index is -4.37. The van der Waals surface area contributed by atoms with Crippen molar-refractivity contribution in [3.63, 3.8) is 0 Å². The first-order valence-corrected chi connectivity index (χ1v) is 11.6. The molecule has 1 unspecified atom stereocenters. The topological polar surface area (TPSA) is 75.2 Å². The highest BCUT2D eigenvalue weighted by atomic mass is 32.1. The van der Waals surface area contributed by atoms with Crippen LogP contribution in [0.2, 0.25) is 0 Å². The molecule has 0 saturated carbocycles. The van der Waals surface area contributed by atoms with Crippen LogP contribution in [0.1, 0.15) is 46.2 Å². The molecule has 0 amide bonds. The summed E-state index contributed by atoms with van der Waals surface area (Å²) in [6.45, 7) is 2.15. The molecule has 5 rings (SSSR count). The maximum Gasteiger partial charge on any atom is 0.416 e. The summed E-state index contributed by atoms with van der Waals surface area (Å²) < 4.78 is 44.5. The third-order valence-electron chi connectivity index (χ3n) is 6.20. The van der Waals surface area contributed by atoms with Crippen LogP contribution in [-0.4, -0.2) is 21.0 Å². The number of hydrogen-bond donors (Lipinski definition) is 2. The molecule has 1 aliphatic carbocycles. The molecule has 2 N–H and O–H groups in total. The van der Waals surface area contributed by atoms with Crippen molar-refractivity contribution >= 4 is 28.2 Å². The number of halogens is 3. The summed E-state index contributed by atoms with van der Waals surface area (Å²) in [6, 6.07) is 10.8. The van der Waals surface area contributed by atoms with E-state index in [0.29, 0.717) is 22.9 Å². The Morgan fingerprint density at radius 3 is 2.71 bits per heavy atom. The Balaban J connectivity index is 1.32. The fraction of sp³-hybridized carbons (Fsp3) is 0.280. The molecule has 0 bridgehead atoms. The van der Waals surface area contributed by atoms with Gasteiger partial charge in [-0.25, -0.2) is 4.98 Å². The maximum atomic E-state index is 12.8. The third-order valence-corrected chi connectivity index (χ3v) is 7.38. The molecule has 1 aliphatic rings. The zero-order chi connectivity index (χ0) is 24.0. The number of alkyl halides is 3. The number of H-pyrrole nitrogens is 1. The number of aromatic amines is 1. The molecule has 1 atom stereocenters. The van der Waals surface area contributed by atoms with E-state index >= 15 is 0 Å². The molecule has 2 aromatic carbocycles. The van der Waals surface area contributed by atoms with Crippen LogP contribution >= 0.6 is 11.3 Å². The summed E-state index contributed by atoms with van der Waals surface area (Å²) in [7, 11) is 0. The molecule has 5 nitrogen and oxygen atoms in total. The molecule has 2 heterocycles. The van der Waals surface area contributed by atoms with Gasteiger partial charge in [0, 0.05) is 28.1 Å². The van der Waals surface area contributed by atoms with Gasteiger partial charge in [0.05, 0.1) is 22.6 Å². The fourth-order valence-corrected chi connectivity index (χ4v) is 5.45. The number of aryl methyl sites for hydroxylation is 2. The molecule has 176 valence electrons. The first-order chi connectivity index (χ1) is 16.2. The van der Waals surface area contributed by atoms with Crippen molar-refractivity contribution in [3.8, 4) is 16.3 Å². The number of carboxylic acids is 1. The fourth-order valence-electron chi connectivity index (χ4n) is 4.47. The molecule has 0 saturated heterocycles. The van der Waals surface area contributed by atoms with E-state index in [-0.39, 0.29) is 12.3 Å². The average molecular weight is 487 g/mol. The highest BCUT2D eigenvalue weighted by molar-refractivity contribution is 7.15. The van der Waals surface area contributed by atoms with E-state index in [1.807, 2.05) is 25.1 Å². The van der Waals surface area contributed by atoms with Gasteiger partial charge in [0.1, 0.15) is 17.4 Å². The number of aliphatic carboxylic acids is 1. The SMILES string of the molecule is Cc1nc(-c2ccc(C(F)(F)F)cc2)sc1COc1ccc2[nH]c3c(c2c1)CCC3CC(=O)O. The third kappa shape index (κ3) is 4.27. The smallest absolute Gasteiger partial charge is 0.416 e. The molecule has 0 aliphatic heterocycles. The molecule has 0 spiro atoms. The van der Waals surface area contributed by atoms with Gasteiger partial charge in [-0.1, -0.05) is 12.1 Å². The normalized spacial score (nSPS) is 15.6. The highest BCUT2D eigenvalue weighted by Gasteiger charge is 2.30. The Labute approximate surface area is 197 Å². The Kier molecular flexibility index (Phi) is 5.59. The lowest BCUT2D eigenvalue weighted by atomic mass is 10.0. The van der Waals surface area contributed by atoms with Crippen molar-refractivity contribution in [3.05, 3.63) is 69.9 Å². The van der Waals surface area contributed by atoms with Crippen LogP contribution in [0.15, 0.2) is 42.5 Å². The predicted molar refractivity (Wildman–Crippen MR) is 123 cm³/mol. The molecular formula is C25H21F3N2O3S. The number of ether oxygens (including phenoxy) is 1. The molecule has 2 aromatic heterocycles. The van der Waals surface area contributed by atoms with Crippen LogP contribution in [0.5, 0.6) is 5.75 Å². The van der Waals surface area contributed by atoms with Gasteiger partial charge in [-0.2, -0.15) is 13.2 Å². The van der Waals surface area contributed by atoms with Gasteiger partial charge in [-0.3, -0.25) is 4.79 Å². The lowest BCUT2D eigenvalue weighted by Crippen LogP contribution is -2.03. The van der Waals surface area contributed by atoms with Crippen molar-refractivity contribution in [2.45, 2.75) is 44.9 Å². The van der Waals surface area contributed by atoms with E-state index in [9.17, 15) is 18.0 Å². The molecular weight excluding hydrogens is 465 g/mol. The lowest BCUT2D eigenvalue weighted by molar-refractivity contribution is -0.138. The summed E-state index contributed by atoms with van der Waals surface area (Å²) in [5, 5.41) is 10.8. The van der Waals surface area contributed by atoms with E-state index in [4.69, 9.17) is 9.84 Å². The van der Waals surface area contributed by atoms with E-state index in [1.54, 1.807) is 0 Å². The van der Waals surface area contributed by atoms with Gasteiger partial charge in [0.15, 0.2) is 0 Å². The Morgan fingerprint density at radius 1 is 1.24 bits per heavy atom. The van der Waals surface area contributed by atoms with Crippen molar-refractivity contribution in [1.29, 1.82) is 0 Å². The van der Waals surface area contributed by atoms with Crippen molar-refractivity contribution < 1.29 is 27.8 Å². The van der Waals surface area contributed by atoms with Gasteiger partial charge in [0.2, 0.25) is 0 Å². The second-order valence-electron chi connectivity index (χ2n) is 8.45. The number of aromatic nitrogens is 2. The number of thiazole rings is 1. The first-order valence-electron chi connectivity index (χ1n) is 10.8. The van der Waals surface area contributed by atoms with E-state index in [1.165, 1.54) is 23.5 Å². The van der Waals surface area contributed by atoms with Crippen molar-refractivity contribution in [1.82, 2.24) is 9.97 Å². The van der Waals surface area contributed by atoms with Crippen molar-refractivity contribution in [2.75, 3.05) is 0 Å². The molecule has 9 heteroatoms. The minimum Gasteiger partial charge on any atom is -0.488 e. The van der Waals surface area contributed by atoms with Crippen LogP contribution in [0, 0.1) is 6.92 Å². The summed E-state index contributed by atoms with van der Waals surface area (Å²) in [5.41, 5.74) is 3.85. The number of fused-ring (bicyclic) bond motifs is 3. The van der Waals surface area contributed by atoms with Gasteiger partial charge in [-0.05, 0) is 55.7 Å². The summed E-state index contributed by atoms with van der Waals surface area (Å²) in [6.07, 6.45) is -2.59. The Morgan fingerprint density at radius 2 is 2.00 bits per heavy atom. The number of benzene rings is 2. The maximum absolute atomic E-state index is 12.8. The monoisotopic (exact) mass is 486 g/mol. The number of carboxylic acid groups (broad SMARTS) is 1. The number of rotatable bonds is 6. The zero-order valence-electron chi connectivity index (χ0n) is 18.2. The lowest BCUT2D eigenvalue weighted by Gasteiger charge is -2.06. The van der Waals surface area contributed by atoms with Crippen molar-refractivity contribution in [2.24, 2.45) is 0 Å². The van der Waals surface area contributed by atoms with E-state index in [2.05, 4.69) is 9.97 Å². The number of hydrogen-bond acceptors (Lipinski definition) is 4. The van der Waals surface area contributed by atoms with Crippen LogP contribution in [0.3, 0.4) is 0 Å². The molecule has 0 fully saturated rings. The van der Waals surface area contributed by atoms with Crippen LogP contribution in [-0.2, 0) is 24.0 Å². The minimum absolute atomic E-state index is 0.00716. The largest absolute Gasteiger partial charge is 0.488 e. The number of carbonyl (C=O) groups is 1. The van der Waals surface area contributed by atoms with Crippen LogP contribution < -0.4 is 4.74 Å². The van der Waals surface area contributed by atoms with Gasteiger partial charge >= 0.3 is 12.1 Å². The second-order valence-corrected chi connectivity index (χ2v) is 9.53. The second kappa shape index (κ2) is 8.47. The molecule has 0 radical (unpaired) electrons.